The fourth-order valence-electron chi connectivity index (χ4n) is 4.04. The quantitative estimate of drug-likeness (QED) is 0.486. The van der Waals surface area contributed by atoms with Gasteiger partial charge < -0.3 is 4.74 Å². The summed E-state index contributed by atoms with van der Waals surface area (Å²) in [5.41, 5.74) is 1.34. The molecule has 144 valence electrons. The molecular formula is C23H34O3. The van der Waals surface area contributed by atoms with Crippen molar-refractivity contribution in [3.05, 3.63) is 35.9 Å². The van der Waals surface area contributed by atoms with Crippen LogP contribution >= 0.6 is 0 Å². The normalized spacial score (nSPS) is 23.5. The molecule has 0 bridgehead atoms. The van der Waals surface area contributed by atoms with Crippen LogP contribution in [-0.2, 0) is 20.7 Å². The molecule has 0 radical (unpaired) electrons. The minimum Gasteiger partial charge on any atom is -0.462 e. The Balaban J connectivity index is 1.78. The Bertz CT molecular complexity index is 585. The number of hydrogen-bond acceptors (Lipinski definition) is 3. The number of carbonyl (C=O) groups excluding carboxylic acids is 2. The predicted molar refractivity (Wildman–Crippen MR) is 105 cm³/mol. The Hall–Kier alpha value is -1.64. The van der Waals surface area contributed by atoms with E-state index in [2.05, 4.69) is 39.8 Å². The predicted octanol–water partition coefficient (Wildman–Crippen LogP) is 5.36. The summed E-state index contributed by atoms with van der Waals surface area (Å²) in [4.78, 5) is 24.4. The first kappa shape index (κ1) is 20.7. The summed E-state index contributed by atoms with van der Waals surface area (Å²) in [7, 11) is 0. The first-order valence-corrected chi connectivity index (χ1v) is 10.0. The third kappa shape index (κ3) is 6.59. The molecule has 1 aliphatic rings. The zero-order valence-corrected chi connectivity index (χ0v) is 16.8. The van der Waals surface area contributed by atoms with E-state index in [1.165, 1.54) is 12.0 Å². The van der Waals surface area contributed by atoms with Gasteiger partial charge in [0.05, 0.1) is 0 Å². The van der Waals surface area contributed by atoms with E-state index in [0.717, 1.165) is 25.7 Å². The van der Waals surface area contributed by atoms with E-state index in [0.29, 0.717) is 18.3 Å². The van der Waals surface area contributed by atoms with Crippen LogP contribution in [-0.4, -0.2) is 17.9 Å². The Labute approximate surface area is 158 Å². The summed E-state index contributed by atoms with van der Waals surface area (Å²) in [5.74, 6) is 0.592. The lowest BCUT2D eigenvalue weighted by molar-refractivity contribution is -0.159. The van der Waals surface area contributed by atoms with Crippen molar-refractivity contribution in [1.29, 1.82) is 0 Å². The Morgan fingerprint density at radius 1 is 1.12 bits per heavy atom. The van der Waals surface area contributed by atoms with E-state index in [1.807, 2.05) is 18.2 Å². The number of rotatable bonds is 7. The van der Waals surface area contributed by atoms with Gasteiger partial charge in [0.15, 0.2) is 0 Å². The third-order valence-corrected chi connectivity index (χ3v) is 5.55. The van der Waals surface area contributed by atoms with E-state index >= 15 is 0 Å². The van der Waals surface area contributed by atoms with Crippen molar-refractivity contribution in [3.63, 3.8) is 0 Å². The minimum absolute atomic E-state index is 0.0119. The van der Waals surface area contributed by atoms with E-state index in [1.54, 1.807) is 0 Å². The van der Waals surface area contributed by atoms with Gasteiger partial charge in [0.25, 0.3) is 0 Å². The molecule has 1 fully saturated rings. The Morgan fingerprint density at radius 2 is 1.81 bits per heavy atom. The maximum absolute atomic E-state index is 12.3. The molecule has 1 aromatic rings. The van der Waals surface area contributed by atoms with Crippen molar-refractivity contribution in [2.75, 3.05) is 0 Å². The highest BCUT2D eigenvalue weighted by Crippen LogP contribution is 2.41. The zero-order chi connectivity index (χ0) is 19.2. The molecule has 0 aromatic heterocycles. The number of esters is 1. The van der Waals surface area contributed by atoms with Crippen molar-refractivity contribution in [2.24, 2.45) is 17.3 Å². The van der Waals surface area contributed by atoms with Crippen LogP contribution in [0.15, 0.2) is 30.3 Å². The van der Waals surface area contributed by atoms with Crippen molar-refractivity contribution in [1.82, 2.24) is 0 Å². The van der Waals surface area contributed by atoms with Crippen LogP contribution in [0.5, 0.6) is 0 Å². The second kappa shape index (κ2) is 9.34. The number of ketones is 1. The van der Waals surface area contributed by atoms with Crippen LogP contribution < -0.4 is 0 Å². The number of ether oxygens (including phenoxy) is 1. The average molecular weight is 359 g/mol. The molecule has 0 saturated heterocycles. The highest BCUT2D eigenvalue weighted by molar-refractivity contribution is 5.95. The maximum Gasteiger partial charge on any atom is 0.313 e. The van der Waals surface area contributed by atoms with Crippen molar-refractivity contribution < 1.29 is 14.3 Å². The van der Waals surface area contributed by atoms with Crippen LogP contribution in [0.2, 0.25) is 0 Å². The molecular weight excluding hydrogens is 324 g/mol. The second-order valence-electron chi connectivity index (χ2n) is 8.97. The summed E-state index contributed by atoms with van der Waals surface area (Å²) < 4.78 is 5.78. The van der Waals surface area contributed by atoms with Gasteiger partial charge in [-0.15, -0.1) is 0 Å². The van der Waals surface area contributed by atoms with Gasteiger partial charge in [-0.3, -0.25) is 9.59 Å². The summed E-state index contributed by atoms with van der Waals surface area (Å²) in [6.45, 7) is 8.85. The number of aryl methyl sites for hydroxylation is 1. The fraction of sp³-hybridized carbons (Fsp3) is 0.652. The largest absolute Gasteiger partial charge is 0.462 e. The van der Waals surface area contributed by atoms with Crippen LogP contribution in [0.3, 0.4) is 0 Å². The summed E-state index contributed by atoms with van der Waals surface area (Å²) in [5, 5.41) is 0. The van der Waals surface area contributed by atoms with Gasteiger partial charge in [-0.2, -0.15) is 0 Å². The number of benzene rings is 1. The molecule has 26 heavy (non-hydrogen) atoms. The summed E-state index contributed by atoms with van der Waals surface area (Å²) in [6, 6.07) is 10.1. The fourth-order valence-corrected chi connectivity index (χ4v) is 4.04. The number of carbonyl (C=O) groups is 2. The molecule has 0 spiro atoms. The molecule has 0 aliphatic heterocycles. The summed E-state index contributed by atoms with van der Waals surface area (Å²) in [6.07, 6.45) is 5.14. The molecule has 2 rings (SSSR count). The summed E-state index contributed by atoms with van der Waals surface area (Å²) >= 11 is 0. The lowest BCUT2D eigenvalue weighted by Gasteiger charge is -2.41. The standard InChI is InChI=1S/C23H34O3/c1-17-13-14-20(23(2,3)4)21(15-17)26-22(25)16-19(24)12-8-11-18-9-6-5-7-10-18/h5-7,9-10,17,20-21H,8,11-16H2,1-4H3/t17-,20-,21-/m1/s1. The molecule has 1 aliphatic carbocycles. The van der Waals surface area contributed by atoms with Gasteiger partial charge in [-0.05, 0) is 42.6 Å². The molecule has 0 amide bonds. The maximum atomic E-state index is 12.3. The number of hydrogen-bond donors (Lipinski definition) is 0. The molecule has 1 aromatic carbocycles. The molecule has 0 heterocycles. The lowest BCUT2D eigenvalue weighted by Crippen LogP contribution is -2.40. The molecule has 1 saturated carbocycles. The first-order valence-electron chi connectivity index (χ1n) is 10.0. The van der Waals surface area contributed by atoms with Gasteiger partial charge in [0.1, 0.15) is 18.3 Å². The SMILES string of the molecule is C[C@@H]1CC[C@@H](C(C)(C)C)[C@H](OC(=O)CC(=O)CCCc2ccccc2)C1. The topological polar surface area (TPSA) is 43.4 Å². The van der Waals surface area contributed by atoms with Gasteiger partial charge in [-0.1, -0.05) is 64.4 Å². The number of Topliss-reactive ketones (excluding diaryl/α,β-unsaturated/α-hetero) is 1. The highest BCUT2D eigenvalue weighted by Gasteiger charge is 2.38. The van der Waals surface area contributed by atoms with Gasteiger partial charge >= 0.3 is 5.97 Å². The van der Waals surface area contributed by atoms with Crippen LogP contribution in [0.1, 0.15) is 71.8 Å². The second-order valence-corrected chi connectivity index (χ2v) is 8.97. The van der Waals surface area contributed by atoms with Gasteiger partial charge in [0, 0.05) is 12.3 Å². The molecule has 3 heteroatoms. The van der Waals surface area contributed by atoms with E-state index in [-0.39, 0.29) is 29.7 Å². The van der Waals surface area contributed by atoms with Crippen LogP contribution in [0, 0.1) is 17.3 Å². The van der Waals surface area contributed by atoms with Crippen molar-refractivity contribution in [2.45, 2.75) is 78.7 Å². The van der Waals surface area contributed by atoms with Crippen LogP contribution in [0.25, 0.3) is 0 Å². The monoisotopic (exact) mass is 358 g/mol. The highest BCUT2D eigenvalue weighted by atomic mass is 16.5. The first-order chi connectivity index (χ1) is 12.3. The Kier molecular flexibility index (Phi) is 7.43. The van der Waals surface area contributed by atoms with E-state index < -0.39 is 0 Å². The molecule has 3 nitrogen and oxygen atoms in total. The average Bonchev–Trinajstić information content (AvgIpc) is 2.54. The van der Waals surface area contributed by atoms with E-state index in [4.69, 9.17) is 4.74 Å². The minimum atomic E-state index is -0.344. The van der Waals surface area contributed by atoms with E-state index in [9.17, 15) is 9.59 Å². The van der Waals surface area contributed by atoms with Gasteiger partial charge in [0.2, 0.25) is 0 Å². The molecule has 3 atom stereocenters. The molecule has 0 N–H and O–H groups in total. The van der Waals surface area contributed by atoms with Crippen molar-refractivity contribution in [3.8, 4) is 0 Å². The van der Waals surface area contributed by atoms with Crippen molar-refractivity contribution >= 4 is 11.8 Å². The van der Waals surface area contributed by atoms with Gasteiger partial charge in [-0.25, -0.2) is 0 Å². The Morgan fingerprint density at radius 3 is 2.46 bits per heavy atom. The smallest absolute Gasteiger partial charge is 0.313 e. The molecule has 0 unspecified atom stereocenters. The lowest BCUT2D eigenvalue weighted by atomic mass is 9.68. The van der Waals surface area contributed by atoms with Crippen LogP contribution in [0.4, 0.5) is 0 Å². The third-order valence-electron chi connectivity index (χ3n) is 5.55. The zero-order valence-electron chi connectivity index (χ0n) is 16.8.